The number of nitrogens with zero attached hydrogens (tertiary/aromatic N) is 5. The van der Waals surface area contributed by atoms with E-state index in [-0.39, 0.29) is 0 Å². The highest BCUT2D eigenvalue weighted by atomic mass is 32.1. The Kier molecular flexibility index (Phi) is 4.23. The summed E-state index contributed by atoms with van der Waals surface area (Å²) in [5.41, 5.74) is 0. The monoisotopic (exact) mass is 317 g/mol. The van der Waals surface area contributed by atoms with Gasteiger partial charge in [0.25, 0.3) is 0 Å². The molecule has 0 bridgehead atoms. The Balaban J connectivity index is 1.46. The number of rotatable bonds is 4. The maximum atomic E-state index is 4.49. The molecule has 0 atom stereocenters. The molecule has 0 unspecified atom stereocenters. The predicted octanol–water partition coefficient (Wildman–Crippen LogP) is 2.34. The van der Waals surface area contributed by atoms with Crippen molar-refractivity contribution >= 4 is 11.3 Å². The summed E-state index contributed by atoms with van der Waals surface area (Å²) in [4.78, 5) is 6.44. The molecular weight excluding hydrogens is 294 g/mol. The van der Waals surface area contributed by atoms with Gasteiger partial charge in [-0.2, -0.15) is 0 Å². The van der Waals surface area contributed by atoms with Gasteiger partial charge in [-0.25, -0.2) is 0 Å². The lowest BCUT2D eigenvalue weighted by Crippen LogP contribution is -2.22. The van der Waals surface area contributed by atoms with Crippen LogP contribution in [0.1, 0.15) is 35.8 Å². The van der Waals surface area contributed by atoms with Crippen LogP contribution in [0.3, 0.4) is 0 Å². The van der Waals surface area contributed by atoms with Crippen LogP contribution in [0.15, 0.2) is 17.5 Å². The van der Waals surface area contributed by atoms with E-state index in [1.165, 1.54) is 37.2 Å². The first kappa shape index (κ1) is 14.4. The maximum Gasteiger partial charge on any atom is 0.147 e. The quantitative estimate of drug-likeness (QED) is 0.867. The molecule has 118 valence electrons. The van der Waals surface area contributed by atoms with E-state index in [1.807, 2.05) is 11.3 Å². The zero-order valence-electron chi connectivity index (χ0n) is 12.9. The van der Waals surface area contributed by atoms with Crippen molar-refractivity contribution in [3.05, 3.63) is 34.0 Å². The fraction of sp³-hybridized carbons (Fsp3) is 0.625. The van der Waals surface area contributed by atoms with Crippen molar-refractivity contribution in [3.63, 3.8) is 0 Å². The Morgan fingerprint density at radius 3 is 2.64 bits per heavy atom. The van der Waals surface area contributed by atoms with Gasteiger partial charge in [0.1, 0.15) is 11.6 Å². The summed E-state index contributed by atoms with van der Waals surface area (Å²) in [7, 11) is 0. The summed E-state index contributed by atoms with van der Waals surface area (Å²) in [6.45, 7) is 7.56. The van der Waals surface area contributed by atoms with Crippen molar-refractivity contribution in [3.8, 4) is 0 Å². The molecule has 0 spiro atoms. The van der Waals surface area contributed by atoms with Crippen LogP contribution in [-0.2, 0) is 26.2 Å². The SMILES string of the molecule is c1csc(CN2CCCn3c(CN4CCCC4)nnc3C2)c1. The summed E-state index contributed by atoms with van der Waals surface area (Å²) >= 11 is 1.84. The number of likely N-dealkylation sites (tertiary alicyclic amines) is 1. The Labute approximate surface area is 135 Å². The van der Waals surface area contributed by atoms with E-state index in [4.69, 9.17) is 0 Å². The fourth-order valence-corrected chi connectivity index (χ4v) is 4.24. The highest BCUT2D eigenvalue weighted by Crippen LogP contribution is 2.19. The standard InChI is InChI=1S/C16H23N5S/c1-2-7-19(6-1)12-15-17-18-16-13-20(8-4-9-21(15)16)11-14-5-3-10-22-14/h3,5,10H,1-2,4,6-9,11-13H2. The van der Waals surface area contributed by atoms with Crippen molar-refractivity contribution in [1.82, 2.24) is 24.6 Å². The number of thiophene rings is 1. The third-order valence-electron chi connectivity index (χ3n) is 4.65. The molecule has 1 fully saturated rings. The normalized spacial score (nSPS) is 20.2. The minimum Gasteiger partial charge on any atom is -0.313 e. The summed E-state index contributed by atoms with van der Waals surface area (Å²) < 4.78 is 2.37. The molecule has 0 radical (unpaired) electrons. The highest BCUT2D eigenvalue weighted by molar-refractivity contribution is 7.09. The van der Waals surface area contributed by atoms with Gasteiger partial charge in [-0.3, -0.25) is 9.80 Å². The topological polar surface area (TPSA) is 37.2 Å². The number of hydrogen-bond donors (Lipinski definition) is 0. The molecule has 22 heavy (non-hydrogen) atoms. The molecule has 1 saturated heterocycles. The van der Waals surface area contributed by atoms with Crippen molar-refractivity contribution in [1.29, 1.82) is 0 Å². The zero-order chi connectivity index (χ0) is 14.8. The van der Waals surface area contributed by atoms with Gasteiger partial charge in [-0.15, -0.1) is 21.5 Å². The van der Waals surface area contributed by atoms with Crippen LogP contribution in [-0.4, -0.2) is 44.2 Å². The van der Waals surface area contributed by atoms with E-state index in [0.717, 1.165) is 44.4 Å². The molecule has 2 aromatic heterocycles. The van der Waals surface area contributed by atoms with Crippen molar-refractivity contribution in [2.45, 2.75) is 45.4 Å². The number of hydrogen-bond acceptors (Lipinski definition) is 5. The predicted molar refractivity (Wildman–Crippen MR) is 87.6 cm³/mol. The van der Waals surface area contributed by atoms with Gasteiger partial charge in [0.2, 0.25) is 0 Å². The second kappa shape index (κ2) is 6.48. The van der Waals surface area contributed by atoms with Crippen LogP contribution in [0.4, 0.5) is 0 Å². The molecular formula is C16H23N5S. The van der Waals surface area contributed by atoms with E-state index in [2.05, 4.69) is 42.1 Å². The molecule has 6 heteroatoms. The summed E-state index contributed by atoms with van der Waals surface area (Å²) in [5.74, 6) is 2.30. The van der Waals surface area contributed by atoms with Gasteiger partial charge in [0.15, 0.2) is 0 Å². The van der Waals surface area contributed by atoms with Gasteiger partial charge in [-0.1, -0.05) is 6.07 Å². The van der Waals surface area contributed by atoms with Crippen LogP contribution in [0.25, 0.3) is 0 Å². The van der Waals surface area contributed by atoms with Gasteiger partial charge >= 0.3 is 0 Å². The molecule has 4 heterocycles. The third-order valence-corrected chi connectivity index (χ3v) is 5.51. The Morgan fingerprint density at radius 2 is 1.82 bits per heavy atom. The first-order chi connectivity index (χ1) is 10.9. The second-order valence-corrected chi connectivity index (χ2v) is 7.34. The van der Waals surface area contributed by atoms with E-state index in [9.17, 15) is 0 Å². The van der Waals surface area contributed by atoms with Crippen molar-refractivity contribution in [2.24, 2.45) is 0 Å². The van der Waals surface area contributed by atoms with Crippen LogP contribution >= 0.6 is 11.3 Å². The van der Waals surface area contributed by atoms with Crippen LogP contribution in [0, 0.1) is 0 Å². The van der Waals surface area contributed by atoms with E-state index < -0.39 is 0 Å². The summed E-state index contributed by atoms with van der Waals surface area (Å²) in [6.07, 6.45) is 3.84. The Hall–Kier alpha value is -1.24. The lowest BCUT2D eigenvalue weighted by Gasteiger charge is -2.17. The zero-order valence-corrected chi connectivity index (χ0v) is 13.8. The molecule has 5 nitrogen and oxygen atoms in total. The number of aromatic nitrogens is 3. The molecule has 2 aromatic rings. The van der Waals surface area contributed by atoms with Crippen molar-refractivity contribution in [2.75, 3.05) is 19.6 Å². The number of fused-ring (bicyclic) bond motifs is 1. The van der Waals surface area contributed by atoms with E-state index in [0.29, 0.717) is 0 Å². The molecule has 0 N–H and O–H groups in total. The minimum absolute atomic E-state index is 0.922. The molecule has 0 amide bonds. The third kappa shape index (κ3) is 3.09. The van der Waals surface area contributed by atoms with Crippen LogP contribution in [0.5, 0.6) is 0 Å². The van der Waals surface area contributed by atoms with Crippen molar-refractivity contribution < 1.29 is 0 Å². The Bertz CT molecular complexity index is 600. The smallest absolute Gasteiger partial charge is 0.147 e. The van der Waals surface area contributed by atoms with Gasteiger partial charge < -0.3 is 4.57 Å². The molecule has 0 aromatic carbocycles. The van der Waals surface area contributed by atoms with E-state index in [1.54, 1.807) is 0 Å². The lowest BCUT2D eigenvalue weighted by molar-refractivity contribution is 0.260. The van der Waals surface area contributed by atoms with Crippen LogP contribution in [0.2, 0.25) is 0 Å². The van der Waals surface area contributed by atoms with Gasteiger partial charge in [-0.05, 0) is 43.8 Å². The Morgan fingerprint density at radius 1 is 0.955 bits per heavy atom. The minimum atomic E-state index is 0.922. The van der Waals surface area contributed by atoms with Gasteiger partial charge in [0.05, 0.1) is 13.1 Å². The molecule has 0 saturated carbocycles. The average molecular weight is 317 g/mol. The molecule has 0 aliphatic carbocycles. The lowest BCUT2D eigenvalue weighted by atomic mass is 10.3. The van der Waals surface area contributed by atoms with E-state index >= 15 is 0 Å². The largest absolute Gasteiger partial charge is 0.313 e. The summed E-state index contributed by atoms with van der Waals surface area (Å²) in [5, 5.41) is 11.1. The second-order valence-electron chi connectivity index (χ2n) is 6.31. The molecule has 2 aliphatic rings. The first-order valence-corrected chi connectivity index (χ1v) is 9.14. The average Bonchev–Trinajstić information content (AvgIpc) is 3.23. The molecule has 4 rings (SSSR count). The van der Waals surface area contributed by atoms with Gasteiger partial charge in [0, 0.05) is 24.5 Å². The first-order valence-electron chi connectivity index (χ1n) is 8.26. The highest BCUT2D eigenvalue weighted by Gasteiger charge is 2.21. The fourth-order valence-electron chi connectivity index (χ4n) is 3.49. The summed E-state index contributed by atoms with van der Waals surface area (Å²) in [6, 6.07) is 4.35. The maximum absolute atomic E-state index is 4.49. The molecule has 2 aliphatic heterocycles. The van der Waals surface area contributed by atoms with Crippen LogP contribution < -0.4 is 0 Å².